The Morgan fingerprint density at radius 3 is 2.50 bits per heavy atom. The van der Waals surface area contributed by atoms with Crippen LogP contribution in [0.2, 0.25) is 0 Å². The number of nitrogens with two attached hydrogens (primary N) is 2. The van der Waals surface area contributed by atoms with E-state index < -0.39 is 6.03 Å². The summed E-state index contributed by atoms with van der Waals surface area (Å²) in [5, 5.41) is 5.38. The number of nitrogens with one attached hydrogen (secondary N) is 2. The molecule has 8 heteroatoms. The maximum atomic E-state index is 12.6. The second-order valence-corrected chi connectivity index (χ2v) is 6.33. The number of benzene rings is 1. The van der Waals surface area contributed by atoms with Gasteiger partial charge in [-0.25, -0.2) is 4.79 Å². The molecular formula is C16H23ClN4O3. The molecule has 2 aliphatic carbocycles. The molecule has 1 aromatic carbocycles. The number of halogens is 1. The van der Waals surface area contributed by atoms with Gasteiger partial charge in [-0.2, -0.15) is 0 Å². The zero-order chi connectivity index (χ0) is 16.6. The van der Waals surface area contributed by atoms with Gasteiger partial charge < -0.3 is 26.8 Å². The normalized spacial score (nSPS) is 27.2. The molecule has 4 atom stereocenters. The second-order valence-electron chi connectivity index (χ2n) is 6.33. The van der Waals surface area contributed by atoms with Gasteiger partial charge in [-0.1, -0.05) is 0 Å². The van der Waals surface area contributed by atoms with E-state index >= 15 is 0 Å². The molecule has 3 rings (SSSR count). The molecule has 0 radical (unpaired) electrons. The summed E-state index contributed by atoms with van der Waals surface area (Å²) in [7, 11) is 1.49. The summed E-state index contributed by atoms with van der Waals surface area (Å²) in [5.74, 6) is 1.14. The van der Waals surface area contributed by atoms with Gasteiger partial charge in [0.05, 0.1) is 18.7 Å². The number of primary amides is 1. The van der Waals surface area contributed by atoms with Gasteiger partial charge in [-0.15, -0.1) is 12.4 Å². The molecule has 2 aliphatic rings. The predicted molar refractivity (Wildman–Crippen MR) is 94.4 cm³/mol. The van der Waals surface area contributed by atoms with Crippen molar-refractivity contribution < 1.29 is 14.3 Å². The van der Waals surface area contributed by atoms with Crippen molar-refractivity contribution in [2.24, 2.45) is 29.2 Å². The number of amides is 3. The number of fused-ring (bicyclic) bond motifs is 2. The Hall–Kier alpha value is -1.99. The predicted octanol–water partition coefficient (Wildman–Crippen LogP) is 1.92. The molecule has 0 aliphatic heterocycles. The third-order valence-electron chi connectivity index (χ3n) is 5.01. The number of rotatable bonds is 4. The first-order chi connectivity index (χ1) is 11.0. The molecule has 24 heavy (non-hydrogen) atoms. The molecule has 1 aromatic rings. The van der Waals surface area contributed by atoms with E-state index in [2.05, 4.69) is 10.6 Å². The van der Waals surface area contributed by atoms with E-state index in [0.717, 1.165) is 19.3 Å². The van der Waals surface area contributed by atoms with E-state index in [9.17, 15) is 9.59 Å². The van der Waals surface area contributed by atoms with Gasteiger partial charge in [0.25, 0.3) is 0 Å². The fraction of sp³-hybridized carbons (Fsp3) is 0.500. The number of hydrogen-bond donors (Lipinski definition) is 4. The summed E-state index contributed by atoms with van der Waals surface area (Å²) in [6.45, 7) is 0. The fourth-order valence-corrected chi connectivity index (χ4v) is 3.96. The van der Waals surface area contributed by atoms with Crippen LogP contribution in [0.3, 0.4) is 0 Å². The first-order valence-electron chi connectivity index (χ1n) is 7.80. The van der Waals surface area contributed by atoms with E-state index in [1.165, 1.54) is 7.11 Å². The largest absolute Gasteiger partial charge is 0.494 e. The summed E-state index contributed by atoms with van der Waals surface area (Å²) in [4.78, 5) is 23.5. The molecule has 0 aromatic heterocycles. The number of methoxy groups -OCH3 is 1. The summed E-state index contributed by atoms with van der Waals surface area (Å²) in [6.07, 6.45) is 3.28. The highest BCUT2D eigenvalue weighted by atomic mass is 35.5. The van der Waals surface area contributed by atoms with Crippen LogP contribution in [-0.2, 0) is 4.79 Å². The van der Waals surface area contributed by atoms with Crippen molar-refractivity contribution in [2.75, 3.05) is 17.7 Å². The van der Waals surface area contributed by atoms with Crippen LogP contribution in [0.1, 0.15) is 19.3 Å². The molecule has 3 amide bonds. The van der Waals surface area contributed by atoms with Crippen molar-refractivity contribution in [3.8, 4) is 5.75 Å². The maximum Gasteiger partial charge on any atom is 0.316 e. The Balaban J connectivity index is 0.00000208. The highest BCUT2D eigenvalue weighted by Gasteiger charge is 2.49. The SMILES string of the molecule is COc1cc(NC(=O)C2C3CCC(C3)C2N)ccc1NC(N)=O.Cl. The smallest absolute Gasteiger partial charge is 0.316 e. The van der Waals surface area contributed by atoms with E-state index in [1.54, 1.807) is 18.2 Å². The van der Waals surface area contributed by atoms with Crippen molar-refractivity contribution >= 4 is 35.7 Å². The van der Waals surface area contributed by atoms with Crippen LogP contribution in [0.15, 0.2) is 18.2 Å². The molecule has 0 spiro atoms. The monoisotopic (exact) mass is 354 g/mol. The number of hydrogen-bond acceptors (Lipinski definition) is 4. The van der Waals surface area contributed by atoms with Crippen LogP contribution in [0.4, 0.5) is 16.2 Å². The quantitative estimate of drug-likeness (QED) is 0.660. The number of anilines is 2. The summed E-state index contributed by atoms with van der Waals surface area (Å²) in [6, 6.07) is 4.27. The summed E-state index contributed by atoms with van der Waals surface area (Å²) < 4.78 is 5.22. The lowest BCUT2D eigenvalue weighted by molar-refractivity contribution is -0.121. The minimum Gasteiger partial charge on any atom is -0.494 e. The Morgan fingerprint density at radius 2 is 1.92 bits per heavy atom. The van der Waals surface area contributed by atoms with Crippen LogP contribution in [0.25, 0.3) is 0 Å². The van der Waals surface area contributed by atoms with Crippen LogP contribution < -0.4 is 26.8 Å². The first kappa shape index (κ1) is 18.4. The maximum absolute atomic E-state index is 12.6. The van der Waals surface area contributed by atoms with Crippen LogP contribution >= 0.6 is 12.4 Å². The lowest BCUT2D eigenvalue weighted by atomic mass is 9.84. The Bertz CT molecular complexity index is 638. The van der Waals surface area contributed by atoms with Gasteiger partial charge in [0.2, 0.25) is 5.91 Å². The zero-order valence-electron chi connectivity index (χ0n) is 13.5. The van der Waals surface area contributed by atoms with E-state index in [-0.39, 0.29) is 30.3 Å². The Morgan fingerprint density at radius 1 is 1.21 bits per heavy atom. The van der Waals surface area contributed by atoms with E-state index in [4.69, 9.17) is 16.2 Å². The van der Waals surface area contributed by atoms with Crippen molar-refractivity contribution in [1.82, 2.24) is 0 Å². The second kappa shape index (κ2) is 7.27. The molecule has 4 unspecified atom stereocenters. The lowest BCUT2D eigenvalue weighted by Gasteiger charge is -2.27. The number of ether oxygens (including phenoxy) is 1. The van der Waals surface area contributed by atoms with Crippen molar-refractivity contribution in [3.63, 3.8) is 0 Å². The minimum atomic E-state index is -0.673. The molecular weight excluding hydrogens is 332 g/mol. The van der Waals surface area contributed by atoms with Crippen molar-refractivity contribution in [2.45, 2.75) is 25.3 Å². The standard InChI is InChI=1S/C16H22N4O3.ClH/c1-23-12-7-10(4-5-11(12)20-16(18)22)19-15(21)13-8-2-3-9(6-8)14(13)17;/h4-5,7-9,13-14H,2-3,6,17H2,1H3,(H,19,21)(H3,18,20,22);1H. The molecule has 7 nitrogen and oxygen atoms in total. The highest BCUT2D eigenvalue weighted by molar-refractivity contribution is 5.95. The molecule has 0 saturated heterocycles. The minimum absolute atomic E-state index is 0. The number of urea groups is 1. The molecule has 2 bridgehead atoms. The van der Waals surface area contributed by atoms with Gasteiger partial charge in [-0.3, -0.25) is 4.79 Å². The van der Waals surface area contributed by atoms with E-state index in [0.29, 0.717) is 29.0 Å². The third-order valence-corrected chi connectivity index (χ3v) is 5.01. The first-order valence-corrected chi connectivity index (χ1v) is 7.80. The van der Waals surface area contributed by atoms with E-state index in [1.807, 2.05) is 0 Å². The average Bonchev–Trinajstić information content (AvgIpc) is 3.09. The van der Waals surface area contributed by atoms with Crippen molar-refractivity contribution in [3.05, 3.63) is 18.2 Å². The zero-order valence-corrected chi connectivity index (χ0v) is 14.3. The average molecular weight is 355 g/mol. The molecule has 2 saturated carbocycles. The number of carbonyl (C=O) groups excluding carboxylic acids is 2. The van der Waals surface area contributed by atoms with Crippen molar-refractivity contribution in [1.29, 1.82) is 0 Å². The molecule has 0 heterocycles. The number of carbonyl (C=O) groups is 2. The lowest BCUT2D eigenvalue weighted by Crippen LogP contribution is -2.42. The Labute approximate surface area is 146 Å². The van der Waals surface area contributed by atoms with Gasteiger partial charge in [0, 0.05) is 17.8 Å². The van der Waals surface area contributed by atoms with Gasteiger partial charge in [0.1, 0.15) is 5.75 Å². The van der Waals surface area contributed by atoms with Gasteiger partial charge in [-0.05, 0) is 43.2 Å². The van der Waals surface area contributed by atoms with Gasteiger partial charge >= 0.3 is 6.03 Å². The molecule has 132 valence electrons. The Kier molecular flexibility index (Phi) is 5.56. The summed E-state index contributed by atoms with van der Waals surface area (Å²) in [5.41, 5.74) is 12.4. The van der Waals surface area contributed by atoms with Crippen LogP contribution in [0, 0.1) is 17.8 Å². The highest BCUT2D eigenvalue weighted by Crippen LogP contribution is 2.48. The van der Waals surface area contributed by atoms with Crippen LogP contribution in [-0.4, -0.2) is 25.1 Å². The molecule has 2 fully saturated rings. The third kappa shape index (κ3) is 3.42. The van der Waals surface area contributed by atoms with Gasteiger partial charge in [0.15, 0.2) is 0 Å². The molecule has 6 N–H and O–H groups in total. The topological polar surface area (TPSA) is 119 Å². The van der Waals surface area contributed by atoms with Crippen LogP contribution in [0.5, 0.6) is 5.75 Å². The summed E-state index contributed by atoms with van der Waals surface area (Å²) >= 11 is 0. The fourth-order valence-electron chi connectivity index (χ4n) is 3.96.